The zero-order valence-electron chi connectivity index (χ0n) is 14.4. The first-order valence-electron chi connectivity index (χ1n) is 8.31. The third-order valence-electron chi connectivity index (χ3n) is 3.70. The second-order valence-corrected chi connectivity index (χ2v) is 5.68. The molecule has 1 atom stereocenters. The third-order valence-corrected chi connectivity index (χ3v) is 3.70. The van der Waals surface area contributed by atoms with Gasteiger partial charge in [-0.25, -0.2) is 0 Å². The first-order valence-corrected chi connectivity index (χ1v) is 8.31. The number of unbranched alkanes of at least 4 members (excludes halogenated alkanes) is 1. The lowest BCUT2D eigenvalue weighted by Crippen LogP contribution is -2.03. The first kappa shape index (κ1) is 18.5. The van der Waals surface area contributed by atoms with Gasteiger partial charge in [-0.15, -0.1) is 0 Å². The van der Waals surface area contributed by atoms with E-state index in [1.54, 1.807) is 7.11 Å². The van der Waals surface area contributed by atoms with Crippen LogP contribution < -0.4 is 4.74 Å². The minimum absolute atomic E-state index is 0.185. The van der Waals surface area contributed by atoms with Gasteiger partial charge in [0.2, 0.25) is 0 Å². The molecule has 0 saturated heterocycles. The van der Waals surface area contributed by atoms with E-state index in [1.165, 1.54) is 0 Å². The Hall–Kier alpha value is -1.88. The van der Waals surface area contributed by atoms with Crippen LogP contribution in [0, 0.1) is 0 Å². The van der Waals surface area contributed by atoms with E-state index in [4.69, 9.17) is 14.2 Å². The van der Waals surface area contributed by atoms with Gasteiger partial charge in [-0.1, -0.05) is 49.7 Å². The van der Waals surface area contributed by atoms with E-state index >= 15 is 0 Å². The topological polar surface area (TPSA) is 47.9 Å². The maximum atomic E-state index is 10.6. The Morgan fingerprint density at radius 1 is 1.04 bits per heavy atom. The number of rotatable bonds is 10. The summed E-state index contributed by atoms with van der Waals surface area (Å²) in [4.78, 5) is 0. The van der Waals surface area contributed by atoms with Crippen LogP contribution in [0.1, 0.15) is 42.6 Å². The molecule has 0 saturated carbocycles. The van der Waals surface area contributed by atoms with Crippen molar-refractivity contribution < 1.29 is 19.3 Å². The van der Waals surface area contributed by atoms with Gasteiger partial charge in [0, 0.05) is 13.7 Å². The fraction of sp³-hybridized carbons (Fsp3) is 0.400. The van der Waals surface area contributed by atoms with E-state index < -0.39 is 6.10 Å². The van der Waals surface area contributed by atoms with Crippen molar-refractivity contribution >= 4 is 0 Å². The third kappa shape index (κ3) is 5.64. The number of benzene rings is 2. The van der Waals surface area contributed by atoms with Gasteiger partial charge < -0.3 is 19.3 Å². The van der Waals surface area contributed by atoms with E-state index in [-0.39, 0.29) is 6.79 Å². The smallest absolute Gasteiger partial charge is 0.188 e. The molecule has 0 bridgehead atoms. The minimum Gasteiger partial charge on any atom is -0.468 e. The molecule has 24 heavy (non-hydrogen) atoms. The van der Waals surface area contributed by atoms with Crippen molar-refractivity contribution in [1.29, 1.82) is 0 Å². The molecule has 130 valence electrons. The molecule has 1 N–H and O–H groups in total. The Morgan fingerprint density at radius 2 is 1.79 bits per heavy atom. The van der Waals surface area contributed by atoms with Gasteiger partial charge >= 0.3 is 0 Å². The van der Waals surface area contributed by atoms with Crippen molar-refractivity contribution in [3.63, 3.8) is 0 Å². The first-order chi connectivity index (χ1) is 11.7. The lowest BCUT2D eigenvalue weighted by Gasteiger charge is -2.14. The normalized spacial score (nSPS) is 12.1. The molecule has 2 aromatic carbocycles. The molecule has 0 amide bonds. The predicted molar refractivity (Wildman–Crippen MR) is 94.0 cm³/mol. The molecule has 4 nitrogen and oxygen atoms in total. The summed E-state index contributed by atoms with van der Waals surface area (Å²) in [6.07, 6.45) is 1.49. The fourth-order valence-corrected chi connectivity index (χ4v) is 2.38. The summed E-state index contributed by atoms with van der Waals surface area (Å²) in [5, 5.41) is 10.6. The number of ether oxygens (including phenoxy) is 3. The molecule has 0 aliphatic heterocycles. The van der Waals surface area contributed by atoms with Gasteiger partial charge in [-0.3, -0.25) is 0 Å². The summed E-state index contributed by atoms with van der Waals surface area (Å²) in [7, 11) is 1.58. The Bertz CT molecular complexity index is 612. The SMILES string of the molecule is CCCCOCc1cccc(C(O)c2cccc(OCOC)c2)c1. The van der Waals surface area contributed by atoms with Gasteiger partial charge in [0.15, 0.2) is 6.79 Å². The number of hydrogen-bond donors (Lipinski definition) is 1. The average molecular weight is 330 g/mol. The van der Waals surface area contributed by atoms with Gasteiger partial charge in [0.1, 0.15) is 11.9 Å². The number of methoxy groups -OCH3 is 1. The zero-order valence-corrected chi connectivity index (χ0v) is 14.4. The van der Waals surface area contributed by atoms with Gasteiger partial charge in [0.05, 0.1) is 6.61 Å². The Balaban J connectivity index is 2.04. The van der Waals surface area contributed by atoms with Crippen molar-refractivity contribution in [3.05, 3.63) is 65.2 Å². The summed E-state index contributed by atoms with van der Waals surface area (Å²) in [6, 6.07) is 15.3. The Labute approximate surface area is 144 Å². The lowest BCUT2D eigenvalue weighted by molar-refractivity contribution is 0.0509. The van der Waals surface area contributed by atoms with Crippen LogP contribution in [0.25, 0.3) is 0 Å². The van der Waals surface area contributed by atoms with E-state index in [9.17, 15) is 5.11 Å². The molecular weight excluding hydrogens is 304 g/mol. The molecule has 4 heteroatoms. The zero-order chi connectivity index (χ0) is 17.2. The molecule has 2 aromatic rings. The summed E-state index contributed by atoms with van der Waals surface area (Å²) in [5.74, 6) is 0.674. The molecular formula is C20H26O4. The Kier molecular flexibility index (Phi) is 7.75. The predicted octanol–water partition coefficient (Wildman–Crippen LogP) is 4.07. The second-order valence-electron chi connectivity index (χ2n) is 5.68. The van der Waals surface area contributed by atoms with Crippen LogP contribution in [0.5, 0.6) is 5.75 Å². The van der Waals surface area contributed by atoms with E-state index in [0.29, 0.717) is 12.4 Å². The van der Waals surface area contributed by atoms with Crippen LogP contribution in [0.3, 0.4) is 0 Å². The van der Waals surface area contributed by atoms with Crippen LogP contribution in [0.2, 0.25) is 0 Å². The van der Waals surface area contributed by atoms with Crippen LogP contribution >= 0.6 is 0 Å². The summed E-state index contributed by atoms with van der Waals surface area (Å²) in [5.41, 5.74) is 2.69. The molecule has 0 fully saturated rings. The molecule has 0 spiro atoms. The van der Waals surface area contributed by atoms with E-state index in [1.807, 2.05) is 48.5 Å². The Morgan fingerprint density at radius 3 is 2.54 bits per heavy atom. The monoisotopic (exact) mass is 330 g/mol. The van der Waals surface area contributed by atoms with Crippen molar-refractivity contribution in [3.8, 4) is 5.75 Å². The van der Waals surface area contributed by atoms with Crippen LogP contribution in [0.4, 0.5) is 0 Å². The summed E-state index contributed by atoms with van der Waals surface area (Å²) < 4.78 is 16.0. The number of hydrogen-bond acceptors (Lipinski definition) is 4. The van der Waals surface area contributed by atoms with Gasteiger partial charge in [-0.05, 0) is 35.2 Å². The molecule has 0 aliphatic carbocycles. The molecule has 0 aromatic heterocycles. The quantitative estimate of drug-likeness (QED) is 0.527. The molecule has 0 aliphatic rings. The minimum atomic E-state index is -0.702. The van der Waals surface area contributed by atoms with Crippen molar-refractivity contribution in [2.24, 2.45) is 0 Å². The second kappa shape index (κ2) is 10.1. The highest BCUT2D eigenvalue weighted by Crippen LogP contribution is 2.26. The fourth-order valence-electron chi connectivity index (χ4n) is 2.38. The highest BCUT2D eigenvalue weighted by molar-refractivity contribution is 5.36. The van der Waals surface area contributed by atoms with Gasteiger partial charge in [0.25, 0.3) is 0 Å². The average Bonchev–Trinajstić information content (AvgIpc) is 2.63. The maximum absolute atomic E-state index is 10.6. The number of aliphatic hydroxyl groups excluding tert-OH is 1. The van der Waals surface area contributed by atoms with E-state index in [2.05, 4.69) is 6.92 Å². The maximum Gasteiger partial charge on any atom is 0.188 e. The van der Waals surface area contributed by atoms with Crippen molar-refractivity contribution in [2.45, 2.75) is 32.5 Å². The van der Waals surface area contributed by atoms with Crippen molar-refractivity contribution in [2.75, 3.05) is 20.5 Å². The largest absolute Gasteiger partial charge is 0.468 e. The molecule has 1 unspecified atom stereocenters. The van der Waals surface area contributed by atoms with Crippen molar-refractivity contribution in [1.82, 2.24) is 0 Å². The molecule has 0 radical (unpaired) electrons. The lowest BCUT2D eigenvalue weighted by atomic mass is 10.00. The summed E-state index contributed by atoms with van der Waals surface area (Å²) >= 11 is 0. The van der Waals surface area contributed by atoms with Crippen LogP contribution in [0.15, 0.2) is 48.5 Å². The van der Waals surface area contributed by atoms with E-state index in [0.717, 1.165) is 36.1 Å². The molecule has 2 rings (SSSR count). The number of aliphatic hydroxyl groups is 1. The van der Waals surface area contributed by atoms with Gasteiger partial charge in [-0.2, -0.15) is 0 Å². The summed E-state index contributed by atoms with van der Waals surface area (Å²) in [6.45, 7) is 3.66. The standard InChI is InChI=1S/C20H26O4/c1-3-4-11-23-14-16-7-5-8-17(12-16)20(21)18-9-6-10-19(13-18)24-15-22-2/h5-10,12-13,20-21H,3-4,11,14-15H2,1-2H3. The molecule has 0 heterocycles. The van der Waals surface area contributed by atoms with Crippen LogP contribution in [-0.2, 0) is 16.1 Å². The van der Waals surface area contributed by atoms with Crippen LogP contribution in [-0.4, -0.2) is 25.6 Å². The highest BCUT2D eigenvalue weighted by Gasteiger charge is 2.12. The highest BCUT2D eigenvalue weighted by atomic mass is 16.7.